The molecule has 8 nitrogen and oxygen atoms in total. The highest BCUT2D eigenvalue weighted by Crippen LogP contribution is 2.23. The highest BCUT2D eigenvalue weighted by molar-refractivity contribution is 6.33. The predicted molar refractivity (Wildman–Crippen MR) is 96.1 cm³/mol. The van der Waals surface area contributed by atoms with E-state index >= 15 is 0 Å². The summed E-state index contributed by atoms with van der Waals surface area (Å²) in [4.78, 5) is 35.4. The van der Waals surface area contributed by atoms with Gasteiger partial charge in [-0.15, -0.1) is 0 Å². The van der Waals surface area contributed by atoms with Crippen LogP contribution in [0.3, 0.4) is 0 Å². The van der Waals surface area contributed by atoms with E-state index < -0.39 is 23.7 Å². The van der Waals surface area contributed by atoms with Crippen molar-refractivity contribution in [3.8, 4) is 0 Å². The van der Waals surface area contributed by atoms with Crippen LogP contribution in [0.2, 0.25) is 5.02 Å². The van der Waals surface area contributed by atoms with Crippen LogP contribution in [0.1, 0.15) is 44.0 Å². The Morgan fingerprint density at radius 1 is 1.31 bits per heavy atom. The predicted octanol–water partition coefficient (Wildman–Crippen LogP) is 2.88. The average molecular weight is 384 g/mol. The van der Waals surface area contributed by atoms with Gasteiger partial charge < -0.3 is 15.2 Å². The number of carbonyl (C=O) groups excluding carboxylic acids is 2. The van der Waals surface area contributed by atoms with E-state index in [0.29, 0.717) is 18.7 Å². The average Bonchev–Trinajstić information content (AvgIpc) is 2.92. The van der Waals surface area contributed by atoms with E-state index in [4.69, 9.17) is 21.4 Å². The maximum atomic E-state index is 12.5. The summed E-state index contributed by atoms with van der Waals surface area (Å²) in [6.07, 6.45) is 0.695. The Kier molecular flexibility index (Phi) is 6.09. The van der Waals surface area contributed by atoms with E-state index in [2.05, 4.69) is 10.7 Å². The van der Waals surface area contributed by atoms with Crippen LogP contribution in [0.15, 0.2) is 18.2 Å². The van der Waals surface area contributed by atoms with Gasteiger partial charge in [-0.05, 0) is 51.8 Å². The molecule has 142 valence electrons. The highest BCUT2D eigenvalue weighted by atomic mass is 35.5. The van der Waals surface area contributed by atoms with E-state index in [1.54, 1.807) is 20.8 Å². The molecule has 1 atom stereocenters. The smallest absolute Gasteiger partial charge is 0.422 e. The number of nitrogens with one attached hydrogen (secondary N) is 2. The minimum atomic E-state index is -1.14. The summed E-state index contributed by atoms with van der Waals surface area (Å²) in [5.41, 5.74) is 2.30. The molecule has 1 unspecified atom stereocenters. The molecule has 1 heterocycles. The van der Waals surface area contributed by atoms with Gasteiger partial charge >= 0.3 is 12.1 Å². The quantitative estimate of drug-likeness (QED) is 0.737. The summed E-state index contributed by atoms with van der Waals surface area (Å²) < 4.78 is 5.20. The molecule has 9 heteroatoms. The van der Waals surface area contributed by atoms with Crippen LogP contribution in [0, 0.1) is 0 Å². The Morgan fingerprint density at radius 2 is 2.00 bits per heavy atom. The van der Waals surface area contributed by atoms with Crippen LogP contribution in [-0.2, 0) is 9.53 Å². The Bertz CT molecular complexity index is 717. The number of halogens is 1. The molecule has 2 amide bonds. The van der Waals surface area contributed by atoms with Gasteiger partial charge in [-0.1, -0.05) is 11.6 Å². The molecule has 2 rings (SSSR count). The van der Waals surface area contributed by atoms with Crippen LogP contribution in [0.4, 0.5) is 10.5 Å². The zero-order valence-corrected chi connectivity index (χ0v) is 15.6. The van der Waals surface area contributed by atoms with Gasteiger partial charge in [0.2, 0.25) is 5.91 Å². The fourth-order valence-electron chi connectivity index (χ4n) is 2.58. The van der Waals surface area contributed by atoms with Gasteiger partial charge in [0, 0.05) is 12.2 Å². The van der Waals surface area contributed by atoms with Gasteiger partial charge in [0.15, 0.2) is 0 Å². The largest absolute Gasteiger partial charge is 0.478 e. The molecule has 0 aromatic heterocycles. The molecule has 26 heavy (non-hydrogen) atoms. The molecule has 3 N–H and O–H groups in total. The number of hydrazine groups is 1. The molecular weight excluding hydrogens is 362 g/mol. The lowest BCUT2D eigenvalue weighted by Crippen LogP contribution is -2.51. The fourth-order valence-corrected chi connectivity index (χ4v) is 2.84. The lowest BCUT2D eigenvalue weighted by Gasteiger charge is -2.26. The molecule has 0 aliphatic carbocycles. The van der Waals surface area contributed by atoms with Crippen molar-refractivity contribution in [3.63, 3.8) is 0 Å². The number of hydrogen-bond donors (Lipinski definition) is 3. The lowest BCUT2D eigenvalue weighted by atomic mass is 10.2. The first-order chi connectivity index (χ1) is 12.1. The Balaban J connectivity index is 2.01. The maximum absolute atomic E-state index is 12.5. The lowest BCUT2D eigenvalue weighted by molar-refractivity contribution is -0.121. The number of rotatable bonds is 4. The topological polar surface area (TPSA) is 108 Å². The second kappa shape index (κ2) is 7.92. The first-order valence-corrected chi connectivity index (χ1v) is 8.54. The molecule has 0 bridgehead atoms. The number of carboxylic acid groups (broad SMARTS) is 1. The number of aromatic carboxylic acids is 1. The van der Waals surface area contributed by atoms with Crippen LogP contribution in [0.25, 0.3) is 0 Å². The fraction of sp³-hybridized carbons (Fsp3) is 0.471. The minimum Gasteiger partial charge on any atom is -0.478 e. The molecule has 1 fully saturated rings. The Morgan fingerprint density at radius 3 is 2.58 bits per heavy atom. The second-order valence-corrected chi connectivity index (χ2v) is 7.36. The maximum Gasteiger partial charge on any atom is 0.422 e. The van der Waals surface area contributed by atoms with Gasteiger partial charge in [0.05, 0.1) is 10.6 Å². The van der Waals surface area contributed by atoms with Crippen LogP contribution >= 0.6 is 11.6 Å². The third-order valence-corrected chi connectivity index (χ3v) is 3.97. The summed E-state index contributed by atoms with van der Waals surface area (Å²) in [6.45, 7) is 5.79. The number of anilines is 1. The summed E-state index contributed by atoms with van der Waals surface area (Å²) in [6, 6.07) is 3.61. The van der Waals surface area contributed by atoms with Gasteiger partial charge in [-0.3, -0.25) is 10.2 Å². The van der Waals surface area contributed by atoms with Gasteiger partial charge in [-0.25, -0.2) is 14.6 Å². The van der Waals surface area contributed by atoms with Gasteiger partial charge in [-0.2, -0.15) is 0 Å². The molecule has 1 aliphatic heterocycles. The molecule has 1 saturated heterocycles. The summed E-state index contributed by atoms with van der Waals surface area (Å²) in [5, 5.41) is 13.2. The van der Waals surface area contributed by atoms with Crippen molar-refractivity contribution in [2.45, 2.75) is 45.3 Å². The van der Waals surface area contributed by atoms with E-state index in [-0.39, 0.29) is 16.5 Å². The van der Waals surface area contributed by atoms with Crippen molar-refractivity contribution >= 4 is 35.3 Å². The number of hydrogen-bond acceptors (Lipinski definition) is 5. The second-order valence-electron chi connectivity index (χ2n) is 6.95. The standard InChI is InChI=1S/C17H22ClN3O5/c1-17(2,3)26-16(25)20-21-8-4-5-13(21)14(22)19-10-6-7-11(15(23)24)12(18)9-10/h6-7,9,13H,4-5,8H2,1-3H3,(H,19,22)(H,20,25)(H,23,24). The first-order valence-electron chi connectivity index (χ1n) is 8.17. The summed E-state index contributed by atoms with van der Waals surface area (Å²) >= 11 is 5.91. The minimum absolute atomic E-state index is 0.0328. The van der Waals surface area contributed by atoms with E-state index in [1.807, 2.05) is 0 Å². The highest BCUT2D eigenvalue weighted by Gasteiger charge is 2.33. The zero-order valence-electron chi connectivity index (χ0n) is 14.8. The Hall–Kier alpha value is -2.32. The van der Waals surface area contributed by atoms with Crippen LogP contribution in [0.5, 0.6) is 0 Å². The SMILES string of the molecule is CC(C)(C)OC(=O)NN1CCCC1C(=O)Nc1ccc(C(=O)O)c(Cl)c1. The Labute approximate surface area is 156 Å². The third-order valence-electron chi connectivity index (χ3n) is 3.66. The molecule has 1 aliphatic rings. The first kappa shape index (κ1) is 20.0. The van der Waals surface area contributed by atoms with Crippen molar-refractivity contribution in [2.75, 3.05) is 11.9 Å². The van der Waals surface area contributed by atoms with Crippen molar-refractivity contribution in [2.24, 2.45) is 0 Å². The van der Waals surface area contributed by atoms with Crippen molar-refractivity contribution in [3.05, 3.63) is 28.8 Å². The summed E-state index contributed by atoms with van der Waals surface area (Å²) in [7, 11) is 0. The number of amides is 2. The molecular formula is C17H22ClN3O5. The number of carbonyl (C=O) groups is 3. The van der Waals surface area contributed by atoms with Crippen LogP contribution in [-0.4, -0.2) is 46.3 Å². The normalized spacial score (nSPS) is 17.6. The number of benzene rings is 1. The van der Waals surface area contributed by atoms with E-state index in [9.17, 15) is 14.4 Å². The van der Waals surface area contributed by atoms with Crippen molar-refractivity contribution in [1.82, 2.24) is 10.4 Å². The van der Waals surface area contributed by atoms with E-state index in [1.165, 1.54) is 23.2 Å². The number of nitrogens with zero attached hydrogens (tertiary/aromatic N) is 1. The molecule has 1 aromatic carbocycles. The third kappa shape index (κ3) is 5.34. The van der Waals surface area contributed by atoms with Crippen molar-refractivity contribution < 1.29 is 24.2 Å². The summed E-state index contributed by atoms with van der Waals surface area (Å²) in [5.74, 6) is -1.46. The zero-order chi connectivity index (χ0) is 19.5. The van der Waals surface area contributed by atoms with Crippen LogP contribution < -0.4 is 10.7 Å². The van der Waals surface area contributed by atoms with E-state index in [0.717, 1.165) is 6.42 Å². The molecule has 0 saturated carbocycles. The van der Waals surface area contributed by atoms with Gasteiger partial charge in [0.25, 0.3) is 0 Å². The molecule has 0 radical (unpaired) electrons. The number of carboxylic acids is 1. The molecule has 1 aromatic rings. The van der Waals surface area contributed by atoms with Gasteiger partial charge in [0.1, 0.15) is 11.6 Å². The molecule has 0 spiro atoms. The monoisotopic (exact) mass is 383 g/mol. The van der Waals surface area contributed by atoms with Crippen molar-refractivity contribution in [1.29, 1.82) is 0 Å². The number of ether oxygens (including phenoxy) is 1.